The van der Waals surface area contributed by atoms with Gasteiger partial charge in [-0.2, -0.15) is 13.2 Å². The monoisotopic (exact) mass is 424 g/mol. The third-order valence-corrected chi connectivity index (χ3v) is 5.37. The van der Waals surface area contributed by atoms with E-state index in [2.05, 4.69) is 11.8 Å². The van der Waals surface area contributed by atoms with Gasteiger partial charge in [-0.15, -0.1) is 11.8 Å². The minimum Gasteiger partial charge on any atom is -0.508 e. The fourth-order valence-electron chi connectivity index (χ4n) is 3.98. The highest BCUT2D eigenvalue weighted by Gasteiger charge is 2.58. The van der Waals surface area contributed by atoms with E-state index in [1.54, 1.807) is 25.1 Å². The van der Waals surface area contributed by atoms with Gasteiger partial charge in [-0.3, -0.25) is 0 Å². The summed E-state index contributed by atoms with van der Waals surface area (Å²) in [4.78, 5) is 0. The molecule has 2 nitrogen and oxygen atoms in total. The molecule has 3 aromatic rings. The normalized spacial score (nSPS) is 11.6. The first-order chi connectivity index (χ1) is 14.8. The van der Waals surface area contributed by atoms with Crippen molar-refractivity contribution in [3.63, 3.8) is 0 Å². The maximum absolute atomic E-state index is 15.1. The molecule has 0 aromatic heterocycles. The van der Waals surface area contributed by atoms with Gasteiger partial charge in [-0.1, -0.05) is 48.5 Å². The van der Waals surface area contributed by atoms with Crippen molar-refractivity contribution in [3.8, 4) is 23.3 Å². The quantitative estimate of drug-likeness (QED) is 0.275. The number of alkyl halides is 3. The Morgan fingerprint density at radius 3 is 1.77 bits per heavy atom. The second kappa shape index (κ2) is 9.18. The molecule has 160 valence electrons. The average molecular weight is 424 g/mol. The van der Waals surface area contributed by atoms with Crippen LogP contribution in [0.3, 0.4) is 0 Å². The van der Waals surface area contributed by atoms with Gasteiger partial charge in [0.25, 0.3) is 0 Å². The summed E-state index contributed by atoms with van der Waals surface area (Å²) >= 11 is 0. The summed E-state index contributed by atoms with van der Waals surface area (Å²) in [7, 11) is 0. The van der Waals surface area contributed by atoms with Crippen LogP contribution in [0.4, 0.5) is 13.2 Å². The van der Waals surface area contributed by atoms with E-state index < -0.39 is 11.6 Å². The largest absolute Gasteiger partial charge is 0.508 e. The molecule has 0 amide bonds. The predicted molar refractivity (Wildman–Crippen MR) is 115 cm³/mol. The van der Waals surface area contributed by atoms with Gasteiger partial charge < -0.3 is 10.2 Å². The Morgan fingerprint density at radius 2 is 1.29 bits per heavy atom. The predicted octanol–water partition coefficient (Wildman–Crippen LogP) is 6.34. The lowest BCUT2D eigenvalue weighted by atomic mass is 9.67. The molecule has 3 aromatic carbocycles. The molecule has 0 aliphatic rings. The summed E-state index contributed by atoms with van der Waals surface area (Å²) in [6.07, 6.45) is -3.02. The standard InChI is InChI=1S/C26H23F3O2/c1-2-3-4-5-8-19-9-6-7-10-24(19)25(26(27,28)29,20-11-15-22(30)16-12-20)21-13-17-23(31)18-14-21/h6-7,9-18,30-31H,4-5,8H2,1H3. The van der Waals surface area contributed by atoms with Crippen LogP contribution < -0.4 is 0 Å². The number of aryl methyl sites for hydroxylation is 1. The van der Waals surface area contributed by atoms with Crippen LogP contribution in [0, 0.1) is 11.8 Å². The second-order valence-corrected chi connectivity index (χ2v) is 7.28. The van der Waals surface area contributed by atoms with E-state index in [4.69, 9.17) is 0 Å². The lowest BCUT2D eigenvalue weighted by Gasteiger charge is -2.39. The Kier molecular flexibility index (Phi) is 6.60. The van der Waals surface area contributed by atoms with E-state index in [1.807, 2.05) is 0 Å². The Labute approximate surface area is 180 Å². The zero-order valence-electron chi connectivity index (χ0n) is 17.1. The van der Waals surface area contributed by atoms with E-state index in [-0.39, 0.29) is 28.2 Å². The molecule has 3 rings (SSSR count). The van der Waals surface area contributed by atoms with Gasteiger partial charge in [-0.25, -0.2) is 0 Å². The van der Waals surface area contributed by atoms with Gasteiger partial charge in [0.1, 0.15) is 16.9 Å². The van der Waals surface area contributed by atoms with Gasteiger partial charge in [0.2, 0.25) is 0 Å². The van der Waals surface area contributed by atoms with Crippen LogP contribution in [-0.4, -0.2) is 16.4 Å². The van der Waals surface area contributed by atoms with Crippen molar-refractivity contribution in [2.45, 2.75) is 37.8 Å². The number of unbranched alkanes of at least 4 members (excludes halogenated alkanes) is 1. The average Bonchev–Trinajstić information content (AvgIpc) is 2.74. The lowest BCUT2D eigenvalue weighted by Crippen LogP contribution is -2.45. The molecule has 0 atom stereocenters. The zero-order valence-corrected chi connectivity index (χ0v) is 17.1. The van der Waals surface area contributed by atoms with Crippen molar-refractivity contribution in [2.24, 2.45) is 0 Å². The Morgan fingerprint density at radius 1 is 0.774 bits per heavy atom. The minimum absolute atomic E-state index is 0.00992. The first-order valence-corrected chi connectivity index (χ1v) is 9.94. The number of aromatic hydroxyl groups is 2. The molecule has 31 heavy (non-hydrogen) atoms. The van der Waals surface area contributed by atoms with E-state index in [0.717, 1.165) is 0 Å². The van der Waals surface area contributed by atoms with Gasteiger partial charge in [0, 0.05) is 6.42 Å². The van der Waals surface area contributed by atoms with Crippen LogP contribution in [0.1, 0.15) is 42.0 Å². The summed E-state index contributed by atoms with van der Waals surface area (Å²) in [6.45, 7) is 1.73. The van der Waals surface area contributed by atoms with Crippen molar-refractivity contribution >= 4 is 0 Å². The summed E-state index contributed by atoms with van der Waals surface area (Å²) < 4.78 is 45.3. The van der Waals surface area contributed by atoms with Crippen molar-refractivity contribution < 1.29 is 23.4 Å². The lowest BCUT2D eigenvalue weighted by molar-refractivity contribution is -0.166. The fraction of sp³-hybridized carbons (Fsp3) is 0.231. The van der Waals surface area contributed by atoms with E-state index >= 15 is 13.2 Å². The van der Waals surface area contributed by atoms with Crippen molar-refractivity contribution in [1.82, 2.24) is 0 Å². The van der Waals surface area contributed by atoms with Crippen LogP contribution in [0.25, 0.3) is 0 Å². The van der Waals surface area contributed by atoms with Gasteiger partial charge in [-0.05, 0) is 66.3 Å². The molecule has 0 unspecified atom stereocenters. The molecule has 0 aliphatic carbocycles. The molecule has 0 aliphatic heterocycles. The van der Waals surface area contributed by atoms with Gasteiger partial charge in [0.05, 0.1) is 0 Å². The Bertz CT molecular complexity index is 1030. The molecule has 0 fully saturated rings. The number of halogens is 3. The van der Waals surface area contributed by atoms with Crippen molar-refractivity contribution in [2.75, 3.05) is 0 Å². The maximum atomic E-state index is 15.1. The molecule has 5 heteroatoms. The van der Waals surface area contributed by atoms with E-state index in [0.29, 0.717) is 24.8 Å². The molecule has 0 radical (unpaired) electrons. The number of phenolic OH excluding ortho intramolecular Hbond substituents is 2. The summed E-state index contributed by atoms with van der Waals surface area (Å²) in [5.41, 5.74) is -1.78. The highest BCUT2D eigenvalue weighted by Crippen LogP contribution is 2.52. The molecule has 0 saturated heterocycles. The molecular formula is C26H23F3O2. The topological polar surface area (TPSA) is 40.5 Å². The Balaban J connectivity index is 2.32. The molecule has 0 spiro atoms. The van der Waals surface area contributed by atoms with Crippen LogP contribution in [0.5, 0.6) is 11.5 Å². The fourth-order valence-corrected chi connectivity index (χ4v) is 3.98. The van der Waals surface area contributed by atoms with Gasteiger partial charge >= 0.3 is 6.18 Å². The molecular weight excluding hydrogens is 401 g/mol. The van der Waals surface area contributed by atoms with Crippen molar-refractivity contribution in [1.29, 1.82) is 0 Å². The number of hydrogen-bond acceptors (Lipinski definition) is 2. The van der Waals surface area contributed by atoms with Crippen LogP contribution in [-0.2, 0) is 11.8 Å². The van der Waals surface area contributed by atoms with Crippen LogP contribution >= 0.6 is 0 Å². The smallest absolute Gasteiger partial charge is 0.406 e. The summed E-state index contributed by atoms with van der Waals surface area (Å²) in [5.74, 6) is 5.54. The highest BCUT2D eigenvalue weighted by atomic mass is 19.4. The third-order valence-electron chi connectivity index (χ3n) is 5.37. The van der Waals surface area contributed by atoms with Gasteiger partial charge in [0.15, 0.2) is 0 Å². The second-order valence-electron chi connectivity index (χ2n) is 7.28. The number of benzene rings is 3. The zero-order chi connectivity index (χ0) is 22.5. The molecule has 0 bridgehead atoms. The maximum Gasteiger partial charge on any atom is 0.406 e. The molecule has 2 N–H and O–H groups in total. The first kappa shape index (κ1) is 22.3. The van der Waals surface area contributed by atoms with E-state index in [1.165, 1.54) is 54.6 Å². The number of phenols is 2. The Hall–Kier alpha value is -3.39. The number of hydrogen-bond donors (Lipinski definition) is 2. The SMILES string of the molecule is CC#CCCCc1ccccc1C(c1ccc(O)cc1)(c1ccc(O)cc1)C(F)(F)F. The number of rotatable bonds is 6. The molecule has 0 heterocycles. The van der Waals surface area contributed by atoms with Crippen molar-refractivity contribution in [3.05, 3.63) is 95.1 Å². The summed E-state index contributed by atoms with van der Waals surface area (Å²) in [5, 5.41) is 19.4. The first-order valence-electron chi connectivity index (χ1n) is 9.94. The highest BCUT2D eigenvalue weighted by molar-refractivity contribution is 5.56. The summed E-state index contributed by atoms with van der Waals surface area (Å²) in [6, 6.07) is 16.8. The van der Waals surface area contributed by atoms with Crippen LogP contribution in [0.2, 0.25) is 0 Å². The third kappa shape index (κ3) is 4.39. The minimum atomic E-state index is -4.69. The molecule has 0 saturated carbocycles. The van der Waals surface area contributed by atoms with E-state index in [9.17, 15) is 10.2 Å². The van der Waals surface area contributed by atoms with Crippen LogP contribution in [0.15, 0.2) is 72.8 Å².